The van der Waals surface area contributed by atoms with Gasteiger partial charge in [0.15, 0.2) is 5.78 Å². The molecule has 1 aliphatic carbocycles. The molecule has 0 amide bonds. The molecule has 0 radical (unpaired) electrons. The molecule has 0 unspecified atom stereocenters. The lowest BCUT2D eigenvalue weighted by atomic mass is 9.81. The number of aromatic nitrogens is 2. The van der Waals surface area contributed by atoms with E-state index in [0.29, 0.717) is 12.3 Å². The highest BCUT2D eigenvalue weighted by Crippen LogP contribution is 2.30. The summed E-state index contributed by atoms with van der Waals surface area (Å²) >= 11 is 0. The van der Waals surface area contributed by atoms with E-state index in [4.69, 9.17) is 0 Å². The molecule has 0 spiro atoms. The minimum atomic E-state index is -0.488. The average molecular weight is 236 g/mol. The van der Waals surface area contributed by atoms with Crippen molar-refractivity contribution in [3.05, 3.63) is 32.6 Å². The molecule has 5 heteroatoms. The zero-order chi connectivity index (χ0) is 12.6. The van der Waals surface area contributed by atoms with Gasteiger partial charge < -0.3 is 4.57 Å². The Balaban J connectivity index is 2.35. The molecule has 17 heavy (non-hydrogen) atoms. The smallest absolute Gasteiger partial charge is 0.303 e. The SMILES string of the molecule is Cn1cc(C(=O)CC2CCC2)c(=O)n(C)c1=O. The van der Waals surface area contributed by atoms with Gasteiger partial charge in [0.25, 0.3) is 5.56 Å². The van der Waals surface area contributed by atoms with E-state index in [1.54, 1.807) is 7.05 Å². The van der Waals surface area contributed by atoms with E-state index >= 15 is 0 Å². The van der Waals surface area contributed by atoms with E-state index in [9.17, 15) is 14.4 Å². The Hall–Kier alpha value is -1.65. The van der Waals surface area contributed by atoms with Crippen molar-refractivity contribution in [3.63, 3.8) is 0 Å². The van der Waals surface area contributed by atoms with E-state index in [1.807, 2.05) is 0 Å². The summed E-state index contributed by atoms with van der Waals surface area (Å²) in [4.78, 5) is 35.2. The van der Waals surface area contributed by atoms with Gasteiger partial charge >= 0.3 is 5.69 Å². The summed E-state index contributed by atoms with van der Waals surface area (Å²) in [5.41, 5.74) is -0.769. The van der Waals surface area contributed by atoms with Crippen molar-refractivity contribution in [2.24, 2.45) is 20.0 Å². The maximum absolute atomic E-state index is 12.0. The van der Waals surface area contributed by atoms with Crippen LogP contribution in [0, 0.1) is 5.92 Å². The van der Waals surface area contributed by atoms with Crippen LogP contribution in [-0.4, -0.2) is 14.9 Å². The summed E-state index contributed by atoms with van der Waals surface area (Å²) in [6.45, 7) is 0. The van der Waals surface area contributed by atoms with Crippen molar-refractivity contribution in [3.8, 4) is 0 Å². The molecule has 0 N–H and O–H groups in total. The predicted octanol–water partition coefficient (Wildman–Crippen LogP) is 0.457. The molecule has 1 saturated carbocycles. The monoisotopic (exact) mass is 236 g/mol. The van der Waals surface area contributed by atoms with Gasteiger partial charge in [0, 0.05) is 26.7 Å². The highest BCUT2D eigenvalue weighted by atomic mass is 16.2. The summed E-state index contributed by atoms with van der Waals surface area (Å²) < 4.78 is 2.25. The van der Waals surface area contributed by atoms with Crippen LogP contribution in [0.4, 0.5) is 0 Å². The maximum atomic E-state index is 12.0. The molecule has 1 heterocycles. The fourth-order valence-electron chi connectivity index (χ4n) is 2.07. The van der Waals surface area contributed by atoms with Gasteiger partial charge in [-0.25, -0.2) is 4.79 Å². The Labute approximate surface area is 98.7 Å². The second kappa shape index (κ2) is 4.31. The second-order valence-electron chi connectivity index (χ2n) is 4.72. The van der Waals surface area contributed by atoms with Gasteiger partial charge in [0.1, 0.15) is 0 Å². The summed E-state index contributed by atoms with van der Waals surface area (Å²) in [6.07, 6.45) is 5.08. The summed E-state index contributed by atoms with van der Waals surface area (Å²) in [5.74, 6) is 0.273. The molecule has 1 aromatic heterocycles. The minimum Gasteiger partial charge on any atom is -0.303 e. The summed E-state index contributed by atoms with van der Waals surface area (Å²) in [6, 6.07) is 0. The number of carbonyl (C=O) groups is 1. The number of rotatable bonds is 3. The van der Waals surface area contributed by atoms with Crippen molar-refractivity contribution in [1.29, 1.82) is 0 Å². The number of hydrogen-bond donors (Lipinski definition) is 0. The van der Waals surface area contributed by atoms with Crippen LogP contribution in [0.25, 0.3) is 0 Å². The normalized spacial score (nSPS) is 15.6. The Kier molecular flexibility index (Phi) is 3.00. The number of ketones is 1. The van der Waals surface area contributed by atoms with Crippen molar-refractivity contribution in [1.82, 2.24) is 9.13 Å². The van der Waals surface area contributed by atoms with E-state index < -0.39 is 11.2 Å². The van der Waals surface area contributed by atoms with Crippen LogP contribution in [0.1, 0.15) is 36.0 Å². The molecule has 0 bridgehead atoms. The van der Waals surface area contributed by atoms with E-state index in [-0.39, 0.29) is 11.3 Å². The molecule has 2 rings (SSSR count). The number of hydrogen-bond acceptors (Lipinski definition) is 3. The third kappa shape index (κ3) is 2.09. The molecule has 0 aromatic carbocycles. The highest BCUT2D eigenvalue weighted by molar-refractivity contribution is 5.95. The Bertz CT molecular complexity index is 564. The number of Topliss-reactive ketones (excluding diaryl/α,β-unsaturated/α-hetero) is 1. The molecule has 0 aliphatic heterocycles. The van der Waals surface area contributed by atoms with Gasteiger partial charge in [0.05, 0.1) is 5.56 Å². The van der Waals surface area contributed by atoms with Crippen LogP contribution in [0.5, 0.6) is 0 Å². The zero-order valence-corrected chi connectivity index (χ0v) is 10.1. The van der Waals surface area contributed by atoms with Crippen LogP contribution in [0.3, 0.4) is 0 Å². The molecular formula is C12H16N2O3. The molecule has 1 aromatic rings. The van der Waals surface area contributed by atoms with Crippen molar-refractivity contribution in [2.75, 3.05) is 0 Å². The van der Waals surface area contributed by atoms with E-state index in [2.05, 4.69) is 0 Å². The summed E-state index contributed by atoms with van der Waals surface area (Å²) in [7, 11) is 2.94. The second-order valence-corrected chi connectivity index (χ2v) is 4.72. The maximum Gasteiger partial charge on any atom is 0.330 e. The van der Waals surface area contributed by atoms with Gasteiger partial charge in [-0.1, -0.05) is 19.3 Å². The van der Waals surface area contributed by atoms with Crippen molar-refractivity contribution < 1.29 is 4.79 Å². The zero-order valence-electron chi connectivity index (χ0n) is 10.1. The quantitative estimate of drug-likeness (QED) is 0.716. The van der Waals surface area contributed by atoms with Gasteiger partial charge in [0.2, 0.25) is 0 Å². The van der Waals surface area contributed by atoms with E-state index in [1.165, 1.54) is 24.2 Å². The fraction of sp³-hybridized carbons (Fsp3) is 0.583. The van der Waals surface area contributed by atoms with Crippen LogP contribution in [-0.2, 0) is 14.1 Å². The molecule has 1 fully saturated rings. The summed E-state index contributed by atoms with van der Waals surface area (Å²) in [5, 5.41) is 0. The lowest BCUT2D eigenvalue weighted by molar-refractivity contribution is 0.0933. The van der Waals surface area contributed by atoms with Crippen LogP contribution in [0.2, 0.25) is 0 Å². The standard InChI is InChI=1S/C12H16N2O3/c1-13-7-9(11(16)14(2)12(13)17)10(15)6-8-4-3-5-8/h7-8H,3-6H2,1-2H3. The predicted molar refractivity (Wildman–Crippen MR) is 63.2 cm³/mol. The Morgan fingerprint density at radius 1 is 1.35 bits per heavy atom. The third-order valence-electron chi connectivity index (χ3n) is 3.45. The molecule has 0 saturated heterocycles. The lowest BCUT2D eigenvalue weighted by Gasteiger charge is -2.24. The minimum absolute atomic E-state index is 0.126. The van der Waals surface area contributed by atoms with Gasteiger partial charge in [-0.2, -0.15) is 0 Å². The molecule has 92 valence electrons. The first kappa shape index (κ1) is 11.8. The van der Waals surface area contributed by atoms with Gasteiger partial charge in [-0.15, -0.1) is 0 Å². The lowest BCUT2D eigenvalue weighted by Crippen LogP contribution is -2.39. The molecule has 5 nitrogen and oxygen atoms in total. The number of carbonyl (C=O) groups excluding carboxylic acids is 1. The highest BCUT2D eigenvalue weighted by Gasteiger charge is 2.23. The Morgan fingerprint density at radius 2 is 2.00 bits per heavy atom. The number of nitrogens with zero attached hydrogens (tertiary/aromatic N) is 2. The van der Waals surface area contributed by atoms with Crippen molar-refractivity contribution >= 4 is 5.78 Å². The molecule has 0 atom stereocenters. The van der Waals surface area contributed by atoms with Crippen molar-refractivity contribution in [2.45, 2.75) is 25.7 Å². The molecular weight excluding hydrogens is 220 g/mol. The first-order chi connectivity index (χ1) is 8.00. The third-order valence-corrected chi connectivity index (χ3v) is 3.45. The molecule has 1 aliphatic rings. The fourth-order valence-corrected chi connectivity index (χ4v) is 2.07. The van der Waals surface area contributed by atoms with Crippen LogP contribution >= 0.6 is 0 Å². The largest absolute Gasteiger partial charge is 0.330 e. The van der Waals surface area contributed by atoms with E-state index in [0.717, 1.165) is 17.4 Å². The van der Waals surface area contributed by atoms with Gasteiger partial charge in [-0.05, 0) is 5.92 Å². The topological polar surface area (TPSA) is 61.1 Å². The first-order valence-corrected chi connectivity index (χ1v) is 5.80. The Morgan fingerprint density at radius 3 is 2.53 bits per heavy atom. The van der Waals surface area contributed by atoms with Crippen LogP contribution in [0.15, 0.2) is 15.8 Å². The van der Waals surface area contributed by atoms with Crippen LogP contribution < -0.4 is 11.2 Å². The number of aryl methyl sites for hydroxylation is 1. The first-order valence-electron chi connectivity index (χ1n) is 5.80. The van der Waals surface area contributed by atoms with Gasteiger partial charge in [-0.3, -0.25) is 14.2 Å². The average Bonchev–Trinajstić information content (AvgIpc) is 2.25.